The molecule has 2 saturated carbocycles. The van der Waals surface area contributed by atoms with Gasteiger partial charge in [-0.1, -0.05) is 11.6 Å². The van der Waals surface area contributed by atoms with Gasteiger partial charge in [0.2, 0.25) is 11.7 Å². The summed E-state index contributed by atoms with van der Waals surface area (Å²) in [6.45, 7) is 0. The average molecular weight is 659 g/mol. The van der Waals surface area contributed by atoms with Gasteiger partial charge in [0, 0.05) is 20.0 Å². The molecule has 3 aromatic rings. The normalized spacial score (nSPS) is 22.9. The molecule has 3 heterocycles. The molecule has 236 valence electrons. The van der Waals surface area contributed by atoms with Gasteiger partial charge in [-0.3, -0.25) is 24.0 Å². The largest absolute Gasteiger partial charge is 0.481 e. The van der Waals surface area contributed by atoms with Crippen LogP contribution in [0.4, 0.5) is 5.82 Å². The second kappa shape index (κ2) is 12.7. The van der Waals surface area contributed by atoms with Gasteiger partial charge in [0.1, 0.15) is 0 Å². The Bertz CT molecular complexity index is 1760. The molecule has 15 nitrogen and oxygen atoms in total. The molecule has 5 rings (SSSR count). The van der Waals surface area contributed by atoms with Gasteiger partial charge in [0.05, 0.1) is 52.7 Å². The molecule has 2 fully saturated rings. The van der Waals surface area contributed by atoms with E-state index in [1.54, 1.807) is 23.7 Å². The minimum Gasteiger partial charge on any atom is -0.481 e. The number of hydrogen-bond acceptors (Lipinski definition) is 12. The Kier molecular flexibility index (Phi) is 8.94. The summed E-state index contributed by atoms with van der Waals surface area (Å²) in [5, 5.41) is 23.7. The topological polar surface area (TPSA) is 212 Å². The Hall–Kier alpha value is -4.75. The number of esters is 2. The summed E-state index contributed by atoms with van der Waals surface area (Å²) >= 11 is 7.30. The lowest BCUT2D eigenvalue weighted by Gasteiger charge is -2.31. The molecule has 0 aromatic carbocycles. The Morgan fingerprint density at radius 3 is 2.33 bits per heavy atom. The van der Waals surface area contributed by atoms with Crippen molar-refractivity contribution in [1.82, 2.24) is 24.8 Å². The van der Waals surface area contributed by atoms with E-state index in [-0.39, 0.29) is 17.9 Å². The van der Waals surface area contributed by atoms with Crippen molar-refractivity contribution in [2.75, 3.05) is 19.4 Å². The molecule has 5 atom stereocenters. The van der Waals surface area contributed by atoms with Gasteiger partial charge in [0.15, 0.2) is 29.2 Å². The van der Waals surface area contributed by atoms with Crippen LogP contribution in [0.2, 0.25) is 4.34 Å². The van der Waals surface area contributed by atoms with E-state index in [0.29, 0.717) is 20.5 Å². The van der Waals surface area contributed by atoms with Crippen LogP contribution in [-0.4, -0.2) is 85.8 Å². The second-order valence-corrected chi connectivity index (χ2v) is 12.1. The van der Waals surface area contributed by atoms with Crippen LogP contribution < -0.4 is 10.6 Å². The van der Waals surface area contributed by atoms with E-state index in [4.69, 9.17) is 31.3 Å². The molecule has 3 unspecified atom stereocenters. The van der Waals surface area contributed by atoms with Crippen molar-refractivity contribution in [1.29, 1.82) is 0 Å². The van der Waals surface area contributed by atoms with E-state index in [1.165, 1.54) is 24.7 Å². The lowest BCUT2D eigenvalue weighted by Crippen LogP contribution is -2.46. The van der Waals surface area contributed by atoms with Gasteiger partial charge in [-0.25, -0.2) is 15.0 Å². The Balaban J connectivity index is 1.59. The molecular weight excluding hydrogens is 632 g/mol. The number of nitrogens with one attached hydrogen (secondary N) is 2. The molecule has 0 aliphatic heterocycles. The molecule has 4 N–H and O–H groups in total. The molecule has 2 aliphatic rings. The van der Waals surface area contributed by atoms with Gasteiger partial charge >= 0.3 is 23.9 Å². The van der Waals surface area contributed by atoms with Gasteiger partial charge in [-0.15, -0.1) is 11.3 Å². The number of carbonyl (C=O) groups is 5. The number of rotatable bonds is 11. The number of amides is 1. The third-order valence-corrected chi connectivity index (χ3v) is 8.87. The monoisotopic (exact) mass is 658 g/mol. The number of carbonyl (C=O) groups excluding carboxylic acids is 3. The minimum atomic E-state index is -1.31. The summed E-state index contributed by atoms with van der Waals surface area (Å²) in [6.07, 6.45) is -2.86. The van der Waals surface area contributed by atoms with Gasteiger partial charge in [-0.2, -0.15) is 0 Å². The lowest BCUT2D eigenvalue weighted by molar-refractivity contribution is -0.175. The summed E-state index contributed by atoms with van der Waals surface area (Å²) in [7, 11) is 3.06. The molecular formula is C28H27ClN6O9S. The number of carboxylic acid groups (broad SMARTS) is 2. The van der Waals surface area contributed by atoms with E-state index >= 15 is 0 Å². The van der Waals surface area contributed by atoms with Crippen LogP contribution in [0.3, 0.4) is 0 Å². The van der Waals surface area contributed by atoms with Crippen molar-refractivity contribution in [3.63, 3.8) is 0 Å². The number of ether oxygens (including phenoxy) is 2. The maximum absolute atomic E-state index is 13.3. The maximum Gasteiger partial charge on any atom is 0.306 e. The number of aromatic nitrogens is 4. The standard InChI is InChI=1S/C28H27ClN6O9S/c1-30-25-21-26(34-16(33-25)6-4-13-3-5-15(29)45-13)35(12-32-21)22-14-11-28(14,27(42)31-2)24(44-20(41)10-8-18(38)39)23(22)43-19(40)9-7-17(36)37/h3,5,12,14,22-24H,7-11H2,1-2H3,(H,31,42)(H,36,37)(H,38,39)(H,30,33,34)/t14?,22?,23-,24-,28?/m0/s1. The highest BCUT2D eigenvalue weighted by Gasteiger charge is 2.78. The molecule has 2 aliphatic carbocycles. The smallest absolute Gasteiger partial charge is 0.306 e. The van der Waals surface area contributed by atoms with Crippen LogP contribution in [0.5, 0.6) is 0 Å². The number of hydrogen-bond donors (Lipinski definition) is 4. The molecule has 0 bridgehead atoms. The predicted octanol–water partition coefficient (Wildman–Crippen LogP) is 1.84. The van der Waals surface area contributed by atoms with Gasteiger partial charge in [-0.05, 0) is 30.4 Å². The van der Waals surface area contributed by atoms with Crippen LogP contribution in [0.1, 0.15) is 48.8 Å². The number of nitrogens with zero attached hydrogens (tertiary/aromatic N) is 4. The molecule has 17 heteroatoms. The van der Waals surface area contributed by atoms with E-state index < -0.39 is 85.1 Å². The molecule has 0 radical (unpaired) electrons. The minimum absolute atomic E-state index is 0.135. The number of carboxylic acids is 2. The summed E-state index contributed by atoms with van der Waals surface area (Å²) in [4.78, 5) is 75.4. The van der Waals surface area contributed by atoms with Crippen LogP contribution >= 0.6 is 22.9 Å². The van der Waals surface area contributed by atoms with E-state index in [0.717, 1.165) is 0 Å². The number of fused-ring (bicyclic) bond motifs is 2. The number of thiophene rings is 1. The van der Waals surface area contributed by atoms with E-state index in [9.17, 15) is 24.0 Å². The molecule has 0 saturated heterocycles. The van der Waals surface area contributed by atoms with Crippen molar-refractivity contribution < 1.29 is 43.7 Å². The Morgan fingerprint density at radius 2 is 1.73 bits per heavy atom. The third-order valence-electron chi connectivity index (χ3n) is 7.73. The fourth-order valence-corrected chi connectivity index (χ4v) is 6.63. The first-order valence-corrected chi connectivity index (χ1v) is 14.9. The first-order valence-electron chi connectivity index (χ1n) is 13.7. The van der Waals surface area contributed by atoms with Crippen molar-refractivity contribution in [2.45, 2.75) is 50.4 Å². The molecule has 1 amide bonds. The summed E-state index contributed by atoms with van der Waals surface area (Å²) in [5.41, 5.74) is -0.673. The first kappa shape index (κ1) is 31.7. The van der Waals surface area contributed by atoms with Crippen LogP contribution in [0.15, 0.2) is 18.5 Å². The summed E-state index contributed by atoms with van der Waals surface area (Å²) < 4.78 is 13.7. The Labute approximate surface area is 264 Å². The lowest BCUT2D eigenvalue weighted by atomic mass is 9.97. The van der Waals surface area contributed by atoms with Gasteiger partial charge < -0.3 is 34.9 Å². The van der Waals surface area contributed by atoms with Crippen LogP contribution in [-0.2, 0) is 33.4 Å². The molecule has 45 heavy (non-hydrogen) atoms. The van der Waals surface area contributed by atoms with Crippen LogP contribution in [0, 0.1) is 23.2 Å². The highest BCUT2D eigenvalue weighted by Crippen LogP contribution is 2.69. The van der Waals surface area contributed by atoms with Crippen molar-refractivity contribution in [3.05, 3.63) is 33.5 Å². The number of halogens is 1. The number of anilines is 1. The predicted molar refractivity (Wildman–Crippen MR) is 157 cm³/mol. The highest BCUT2D eigenvalue weighted by molar-refractivity contribution is 7.16. The highest BCUT2D eigenvalue weighted by atomic mass is 35.5. The quantitative estimate of drug-likeness (QED) is 0.171. The fraction of sp³-hybridized carbons (Fsp3) is 0.429. The SMILES string of the molecule is CNC(=O)C12CC1C(n1cnc3c(NC)nc(C#Cc4ccc(Cl)s4)nc31)[C@H](OC(=O)CCC(=O)O)[C@@H]2OC(=O)CCC(=O)O. The summed E-state index contributed by atoms with van der Waals surface area (Å²) in [6, 6.07) is 2.63. The fourth-order valence-electron chi connectivity index (χ4n) is 5.73. The Morgan fingerprint density at radius 1 is 1.04 bits per heavy atom. The zero-order chi connectivity index (χ0) is 32.5. The number of imidazole rings is 1. The average Bonchev–Trinajstić information content (AvgIpc) is 3.23. The second-order valence-electron chi connectivity index (χ2n) is 10.4. The van der Waals surface area contributed by atoms with E-state index in [1.807, 2.05) is 0 Å². The van der Waals surface area contributed by atoms with Crippen LogP contribution in [0.25, 0.3) is 11.2 Å². The van der Waals surface area contributed by atoms with Crippen molar-refractivity contribution in [2.24, 2.45) is 11.3 Å². The zero-order valence-corrected chi connectivity index (χ0v) is 25.5. The number of aliphatic carboxylic acids is 2. The third kappa shape index (κ3) is 6.26. The summed E-state index contributed by atoms with van der Waals surface area (Å²) in [5.74, 6) is 1.15. The maximum atomic E-state index is 13.3. The van der Waals surface area contributed by atoms with Crippen molar-refractivity contribution >= 4 is 69.7 Å². The van der Waals surface area contributed by atoms with E-state index in [2.05, 4.69) is 37.4 Å². The van der Waals surface area contributed by atoms with Gasteiger partial charge in [0.25, 0.3) is 0 Å². The molecule has 3 aromatic heterocycles. The van der Waals surface area contributed by atoms with Crippen molar-refractivity contribution in [3.8, 4) is 11.8 Å². The molecule has 0 spiro atoms. The zero-order valence-electron chi connectivity index (χ0n) is 23.9. The first-order chi connectivity index (χ1) is 21.5.